The summed E-state index contributed by atoms with van der Waals surface area (Å²) in [4.78, 5) is 29.5. The van der Waals surface area contributed by atoms with Crippen LogP contribution in [0.2, 0.25) is 0 Å². The SMILES string of the molecule is CCC1=NNC2C(=O)N(CC(=O)Nc3ccc(Br)cc3F)C3CCCCC3N12. The quantitative estimate of drug-likeness (QED) is 0.737. The highest BCUT2D eigenvalue weighted by atomic mass is 79.9. The third-order valence-corrected chi connectivity index (χ3v) is 6.19. The number of hydrogen-bond acceptors (Lipinski definition) is 5. The van der Waals surface area contributed by atoms with E-state index >= 15 is 0 Å². The molecule has 28 heavy (non-hydrogen) atoms. The number of benzene rings is 1. The predicted molar refractivity (Wildman–Crippen MR) is 107 cm³/mol. The minimum atomic E-state index is -0.550. The number of hydrogen-bond donors (Lipinski definition) is 2. The van der Waals surface area contributed by atoms with Gasteiger partial charge in [0.05, 0.1) is 17.8 Å². The van der Waals surface area contributed by atoms with Gasteiger partial charge in [-0.15, -0.1) is 0 Å². The summed E-state index contributed by atoms with van der Waals surface area (Å²) in [6, 6.07) is 4.58. The molecule has 0 bridgehead atoms. The molecule has 2 fully saturated rings. The summed E-state index contributed by atoms with van der Waals surface area (Å²) in [5.41, 5.74) is 3.04. The Kier molecular flexibility index (Phi) is 5.27. The number of amides is 2. The van der Waals surface area contributed by atoms with Crippen LogP contribution in [0.15, 0.2) is 27.8 Å². The molecule has 3 unspecified atom stereocenters. The molecule has 4 rings (SSSR count). The number of carbonyl (C=O) groups is 2. The van der Waals surface area contributed by atoms with E-state index < -0.39 is 17.9 Å². The number of halogens is 2. The summed E-state index contributed by atoms with van der Waals surface area (Å²) in [6.45, 7) is 1.93. The van der Waals surface area contributed by atoms with Crippen LogP contribution in [0.3, 0.4) is 0 Å². The molecule has 2 heterocycles. The molecular formula is C19H23BrFN5O2. The maximum atomic E-state index is 14.0. The molecule has 1 aromatic carbocycles. The summed E-state index contributed by atoms with van der Waals surface area (Å²) in [6.07, 6.45) is 4.15. The molecule has 3 aliphatic rings. The zero-order valence-corrected chi connectivity index (χ0v) is 17.2. The molecule has 3 atom stereocenters. The van der Waals surface area contributed by atoms with Crippen molar-refractivity contribution in [2.24, 2.45) is 5.10 Å². The van der Waals surface area contributed by atoms with Gasteiger partial charge in [-0.3, -0.25) is 15.0 Å². The summed E-state index contributed by atoms with van der Waals surface area (Å²) in [5, 5.41) is 6.92. The Bertz CT molecular complexity index is 833. The number of hydrazone groups is 1. The number of anilines is 1. The Hall–Kier alpha value is -2.16. The minimum Gasteiger partial charge on any atom is -0.325 e. The second kappa shape index (κ2) is 7.69. The van der Waals surface area contributed by atoms with Crippen LogP contribution in [-0.2, 0) is 9.59 Å². The smallest absolute Gasteiger partial charge is 0.268 e. The van der Waals surface area contributed by atoms with Gasteiger partial charge in [0.1, 0.15) is 18.2 Å². The fraction of sp³-hybridized carbons (Fsp3) is 0.526. The van der Waals surface area contributed by atoms with Gasteiger partial charge >= 0.3 is 0 Å². The zero-order valence-electron chi connectivity index (χ0n) is 15.6. The highest BCUT2D eigenvalue weighted by Crippen LogP contribution is 2.35. The first-order valence-corrected chi connectivity index (χ1v) is 10.4. The molecule has 1 aromatic rings. The lowest BCUT2D eigenvalue weighted by molar-refractivity contribution is -0.151. The van der Waals surface area contributed by atoms with Gasteiger partial charge in [-0.05, 0) is 31.0 Å². The number of rotatable bonds is 4. The standard InChI is InChI=1S/C19H23BrFN5O2/c1-2-16-23-24-18-19(28)25(14-5-3-4-6-15(14)26(16)18)10-17(27)22-13-8-7-11(20)9-12(13)21/h7-9,14-15,18,24H,2-6,10H2,1H3,(H,22,27). The fourth-order valence-electron chi connectivity index (χ4n) is 4.45. The van der Waals surface area contributed by atoms with E-state index in [0.717, 1.165) is 37.9 Å². The molecule has 2 aliphatic heterocycles. The van der Waals surface area contributed by atoms with Crippen molar-refractivity contribution in [2.45, 2.75) is 57.3 Å². The van der Waals surface area contributed by atoms with Crippen LogP contribution in [0.4, 0.5) is 10.1 Å². The average Bonchev–Trinajstić information content (AvgIpc) is 3.12. The van der Waals surface area contributed by atoms with Crippen molar-refractivity contribution in [2.75, 3.05) is 11.9 Å². The topological polar surface area (TPSA) is 77.0 Å². The second-order valence-corrected chi connectivity index (χ2v) is 8.29. The molecule has 150 valence electrons. The van der Waals surface area contributed by atoms with Crippen LogP contribution in [-0.4, -0.2) is 52.2 Å². The first-order chi connectivity index (χ1) is 13.5. The van der Waals surface area contributed by atoms with Crippen molar-refractivity contribution in [1.82, 2.24) is 15.2 Å². The molecule has 0 spiro atoms. The van der Waals surface area contributed by atoms with Crippen LogP contribution >= 0.6 is 15.9 Å². The highest BCUT2D eigenvalue weighted by molar-refractivity contribution is 9.10. The number of fused-ring (bicyclic) bond motifs is 3. The number of nitrogens with zero attached hydrogens (tertiary/aromatic N) is 3. The number of amidine groups is 1. The van der Waals surface area contributed by atoms with Gasteiger partial charge in [0, 0.05) is 10.9 Å². The Balaban J connectivity index is 1.52. The number of nitrogens with one attached hydrogen (secondary N) is 2. The minimum absolute atomic E-state index is 0.0327. The van der Waals surface area contributed by atoms with E-state index in [4.69, 9.17) is 0 Å². The summed E-state index contributed by atoms with van der Waals surface area (Å²) < 4.78 is 14.6. The maximum Gasteiger partial charge on any atom is 0.268 e. The first kappa shape index (κ1) is 19.2. The average molecular weight is 452 g/mol. The number of piperazine rings is 1. The lowest BCUT2D eigenvalue weighted by Gasteiger charge is -2.51. The van der Waals surface area contributed by atoms with E-state index in [-0.39, 0.29) is 30.2 Å². The Morgan fingerprint density at radius 2 is 2.11 bits per heavy atom. The van der Waals surface area contributed by atoms with Gasteiger partial charge in [0.2, 0.25) is 5.91 Å². The van der Waals surface area contributed by atoms with E-state index in [1.54, 1.807) is 11.0 Å². The Labute approximate surface area is 171 Å². The molecule has 0 aromatic heterocycles. The van der Waals surface area contributed by atoms with Gasteiger partial charge in [-0.2, -0.15) is 5.10 Å². The Morgan fingerprint density at radius 1 is 1.36 bits per heavy atom. The van der Waals surface area contributed by atoms with Gasteiger partial charge in [0.25, 0.3) is 5.91 Å². The van der Waals surface area contributed by atoms with Crippen molar-refractivity contribution < 1.29 is 14.0 Å². The zero-order chi connectivity index (χ0) is 19.8. The summed E-state index contributed by atoms with van der Waals surface area (Å²) in [5.74, 6) is -0.173. The molecule has 1 aliphatic carbocycles. The van der Waals surface area contributed by atoms with Gasteiger partial charge in [-0.25, -0.2) is 4.39 Å². The normalized spacial score (nSPS) is 26.3. The molecule has 9 heteroatoms. The van der Waals surface area contributed by atoms with Crippen LogP contribution in [0.5, 0.6) is 0 Å². The molecular weight excluding hydrogens is 429 g/mol. The maximum absolute atomic E-state index is 14.0. The van der Waals surface area contributed by atoms with Crippen molar-refractivity contribution in [3.63, 3.8) is 0 Å². The van der Waals surface area contributed by atoms with Crippen LogP contribution in [0, 0.1) is 5.82 Å². The van der Waals surface area contributed by atoms with E-state index in [1.165, 1.54) is 12.1 Å². The Morgan fingerprint density at radius 3 is 2.82 bits per heavy atom. The van der Waals surface area contributed by atoms with E-state index in [1.807, 2.05) is 6.92 Å². The molecule has 2 N–H and O–H groups in total. The van der Waals surface area contributed by atoms with Crippen molar-refractivity contribution in [3.8, 4) is 0 Å². The lowest BCUT2D eigenvalue weighted by Crippen LogP contribution is -2.69. The fourth-order valence-corrected chi connectivity index (χ4v) is 4.79. The molecule has 1 saturated heterocycles. The largest absolute Gasteiger partial charge is 0.325 e. The molecule has 7 nitrogen and oxygen atoms in total. The van der Waals surface area contributed by atoms with Crippen LogP contribution < -0.4 is 10.7 Å². The van der Waals surface area contributed by atoms with Crippen molar-refractivity contribution in [3.05, 3.63) is 28.5 Å². The molecule has 1 saturated carbocycles. The van der Waals surface area contributed by atoms with Crippen molar-refractivity contribution in [1.29, 1.82) is 0 Å². The first-order valence-electron chi connectivity index (χ1n) is 9.65. The van der Waals surface area contributed by atoms with Crippen LogP contribution in [0.1, 0.15) is 39.0 Å². The van der Waals surface area contributed by atoms with Gasteiger partial charge in [0.15, 0.2) is 6.17 Å². The third-order valence-electron chi connectivity index (χ3n) is 5.70. The monoisotopic (exact) mass is 451 g/mol. The predicted octanol–water partition coefficient (Wildman–Crippen LogP) is 2.63. The lowest BCUT2D eigenvalue weighted by atomic mass is 9.85. The van der Waals surface area contributed by atoms with Gasteiger partial charge in [-0.1, -0.05) is 35.7 Å². The van der Waals surface area contributed by atoms with E-state index in [9.17, 15) is 14.0 Å². The second-order valence-electron chi connectivity index (χ2n) is 7.38. The van der Waals surface area contributed by atoms with Gasteiger partial charge < -0.3 is 15.1 Å². The number of carbonyl (C=O) groups excluding carboxylic acids is 2. The van der Waals surface area contributed by atoms with Crippen LogP contribution in [0.25, 0.3) is 0 Å². The third kappa shape index (κ3) is 3.36. The molecule has 2 amide bonds. The summed E-state index contributed by atoms with van der Waals surface area (Å²) >= 11 is 3.20. The van der Waals surface area contributed by atoms with E-state index in [2.05, 4.69) is 36.7 Å². The van der Waals surface area contributed by atoms with E-state index in [0.29, 0.717) is 4.47 Å². The van der Waals surface area contributed by atoms with Crippen molar-refractivity contribution >= 4 is 39.3 Å². The summed E-state index contributed by atoms with van der Waals surface area (Å²) in [7, 11) is 0. The highest BCUT2D eigenvalue weighted by Gasteiger charge is 2.50. The molecule has 0 radical (unpaired) electrons.